The van der Waals surface area contributed by atoms with Gasteiger partial charge in [-0.15, -0.1) is 0 Å². The van der Waals surface area contributed by atoms with Gasteiger partial charge in [0.15, 0.2) is 0 Å². The highest BCUT2D eigenvalue weighted by molar-refractivity contribution is 7.99. The first-order valence-corrected chi connectivity index (χ1v) is 12.6. The number of hydrogen-bond donors (Lipinski definition) is 0. The van der Waals surface area contributed by atoms with Gasteiger partial charge in [0.2, 0.25) is 0 Å². The molecular weight excluding hydrogens is 422 g/mol. The van der Waals surface area contributed by atoms with Gasteiger partial charge in [0, 0.05) is 28.7 Å². The molecule has 0 saturated heterocycles. The van der Waals surface area contributed by atoms with Gasteiger partial charge in [-0.1, -0.05) is 48.9 Å². The highest BCUT2D eigenvalue weighted by Gasteiger charge is 2.22. The topological polar surface area (TPSA) is 29.0 Å². The Hall–Kier alpha value is -3.11. The third kappa shape index (κ3) is 5.12. The lowest BCUT2D eigenvalue weighted by Gasteiger charge is -2.32. The van der Waals surface area contributed by atoms with Crippen molar-refractivity contribution in [3.63, 3.8) is 0 Å². The summed E-state index contributed by atoms with van der Waals surface area (Å²) in [6.45, 7) is 3.15. The van der Waals surface area contributed by atoms with Crippen LogP contribution in [0.5, 0.6) is 0 Å². The molecule has 0 spiro atoms. The number of pyridine rings is 2. The molecule has 0 fully saturated rings. The van der Waals surface area contributed by atoms with Gasteiger partial charge in [-0.05, 0) is 85.8 Å². The molecule has 1 aliphatic rings. The summed E-state index contributed by atoms with van der Waals surface area (Å²) in [7, 11) is 0. The average Bonchev–Trinajstić information content (AvgIpc) is 2.85. The molecule has 0 unspecified atom stereocenters. The molecular formula is C29H29N3S. The zero-order chi connectivity index (χ0) is 22.5. The third-order valence-corrected chi connectivity index (χ3v) is 7.26. The molecule has 0 aliphatic carbocycles. The van der Waals surface area contributed by atoms with Gasteiger partial charge in [-0.3, -0.25) is 9.97 Å². The number of fused-ring (bicyclic) bond motifs is 2. The van der Waals surface area contributed by atoms with Crippen molar-refractivity contribution in [3.05, 3.63) is 96.3 Å². The second-order valence-electron chi connectivity index (χ2n) is 8.62. The first-order valence-electron chi connectivity index (χ1n) is 11.8. The molecule has 0 amide bonds. The Morgan fingerprint density at radius 2 is 1.33 bits per heavy atom. The van der Waals surface area contributed by atoms with E-state index in [1.807, 2.05) is 30.2 Å². The smallest absolute Gasteiger partial charge is 0.0888 e. The van der Waals surface area contributed by atoms with Crippen LogP contribution in [0.4, 0.5) is 11.4 Å². The quantitative estimate of drug-likeness (QED) is 0.255. The summed E-state index contributed by atoms with van der Waals surface area (Å²) in [5, 5.41) is 0. The summed E-state index contributed by atoms with van der Waals surface area (Å²) in [6.07, 6.45) is 9.75. The number of para-hydroxylation sites is 2. The van der Waals surface area contributed by atoms with Crippen LogP contribution in [0.2, 0.25) is 0 Å². The van der Waals surface area contributed by atoms with Crippen LogP contribution in [0.25, 0.3) is 11.4 Å². The second-order valence-corrected chi connectivity index (χ2v) is 9.70. The van der Waals surface area contributed by atoms with E-state index in [9.17, 15) is 0 Å². The van der Waals surface area contributed by atoms with Crippen LogP contribution in [-0.2, 0) is 6.42 Å². The number of anilines is 2. The number of aromatic nitrogens is 2. The molecule has 5 rings (SSSR count). The molecule has 0 atom stereocenters. The summed E-state index contributed by atoms with van der Waals surface area (Å²) in [6, 6.07) is 26.0. The first-order chi connectivity index (χ1) is 16.3. The van der Waals surface area contributed by atoms with E-state index in [1.165, 1.54) is 58.0 Å². The number of aryl methyl sites for hydroxylation is 2. The third-order valence-electron chi connectivity index (χ3n) is 6.13. The number of nitrogens with zero attached hydrogens (tertiary/aromatic N) is 3. The molecule has 33 heavy (non-hydrogen) atoms. The lowest BCUT2D eigenvalue weighted by Crippen LogP contribution is -2.21. The van der Waals surface area contributed by atoms with Crippen LogP contribution in [0.1, 0.15) is 36.8 Å². The van der Waals surface area contributed by atoms with Gasteiger partial charge < -0.3 is 4.90 Å². The second kappa shape index (κ2) is 10.2. The zero-order valence-electron chi connectivity index (χ0n) is 19.1. The Bertz CT molecular complexity index is 1190. The molecule has 166 valence electrons. The molecule has 0 N–H and O–H groups in total. The van der Waals surface area contributed by atoms with E-state index in [4.69, 9.17) is 0 Å². The van der Waals surface area contributed by atoms with Crippen molar-refractivity contribution in [3.8, 4) is 11.4 Å². The van der Waals surface area contributed by atoms with E-state index in [-0.39, 0.29) is 0 Å². The number of unbranched alkanes of at least 4 members (excludes halogenated alkanes) is 3. The van der Waals surface area contributed by atoms with E-state index in [2.05, 4.69) is 88.5 Å². The molecule has 2 aromatic heterocycles. The maximum atomic E-state index is 4.53. The Morgan fingerprint density at radius 1 is 0.697 bits per heavy atom. The Kier molecular flexibility index (Phi) is 6.73. The molecule has 1 aliphatic heterocycles. The van der Waals surface area contributed by atoms with E-state index in [1.54, 1.807) is 0 Å². The highest BCUT2D eigenvalue weighted by Crippen LogP contribution is 2.47. The van der Waals surface area contributed by atoms with Crippen LogP contribution in [0.3, 0.4) is 0 Å². The number of rotatable bonds is 8. The number of benzene rings is 2. The molecule has 0 radical (unpaired) electrons. The van der Waals surface area contributed by atoms with Gasteiger partial charge in [0.05, 0.1) is 22.8 Å². The SMILES string of the molecule is Cc1ccnc(-c2cc(CCCCCCN3c4ccccc4Sc4ccccc43)ccn2)c1. The molecule has 2 aromatic carbocycles. The average molecular weight is 452 g/mol. The fourth-order valence-corrected chi connectivity index (χ4v) is 5.52. The van der Waals surface area contributed by atoms with Crippen molar-refractivity contribution in [2.24, 2.45) is 0 Å². The summed E-state index contributed by atoms with van der Waals surface area (Å²) < 4.78 is 0. The van der Waals surface area contributed by atoms with Crippen molar-refractivity contribution in [2.45, 2.75) is 48.8 Å². The molecule has 0 bridgehead atoms. The molecule has 3 nitrogen and oxygen atoms in total. The van der Waals surface area contributed by atoms with Gasteiger partial charge in [0.1, 0.15) is 0 Å². The van der Waals surface area contributed by atoms with Crippen molar-refractivity contribution in [1.29, 1.82) is 0 Å². The summed E-state index contributed by atoms with van der Waals surface area (Å²) >= 11 is 1.88. The van der Waals surface area contributed by atoms with Crippen molar-refractivity contribution in [1.82, 2.24) is 9.97 Å². The van der Waals surface area contributed by atoms with Crippen molar-refractivity contribution < 1.29 is 0 Å². The summed E-state index contributed by atoms with van der Waals surface area (Å²) in [4.78, 5) is 14.2. The highest BCUT2D eigenvalue weighted by atomic mass is 32.2. The van der Waals surface area contributed by atoms with Gasteiger partial charge >= 0.3 is 0 Å². The minimum atomic E-state index is 0.956. The van der Waals surface area contributed by atoms with Crippen LogP contribution < -0.4 is 4.90 Å². The molecule has 4 aromatic rings. The monoisotopic (exact) mass is 451 g/mol. The normalized spacial score (nSPS) is 12.3. The van der Waals surface area contributed by atoms with Crippen molar-refractivity contribution in [2.75, 3.05) is 11.4 Å². The Balaban J connectivity index is 1.14. The fraction of sp³-hybridized carbons (Fsp3) is 0.241. The first kappa shape index (κ1) is 21.7. The summed E-state index contributed by atoms with van der Waals surface area (Å²) in [5.74, 6) is 0. The Morgan fingerprint density at radius 3 is 2.06 bits per heavy atom. The van der Waals surface area contributed by atoms with Gasteiger partial charge in [0.25, 0.3) is 0 Å². The predicted octanol–water partition coefficient (Wildman–Crippen LogP) is 7.86. The Labute approximate surface area is 200 Å². The lowest BCUT2D eigenvalue weighted by atomic mass is 10.0. The number of hydrogen-bond acceptors (Lipinski definition) is 4. The minimum absolute atomic E-state index is 0.956. The van der Waals surface area contributed by atoms with E-state index in [0.717, 1.165) is 24.4 Å². The largest absolute Gasteiger partial charge is 0.340 e. The standard InChI is InChI=1S/C29H29N3S/c1-22-15-17-30-24(20-22)25-21-23(16-18-31-25)10-4-2-3-9-19-32-26-11-5-7-13-28(26)33-29-14-8-6-12-27(29)32/h5-8,11-18,20-21H,2-4,9-10,19H2,1H3. The van der Waals surface area contributed by atoms with Gasteiger partial charge in [-0.2, -0.15) is 0 Å². The van der Waals surface area contributed by atoms with Crippen LogP contribution in [0, 0.1) is 6.92 Å². The fourth-order valence-electron chi connectivity index (χ4n) is 4.42. The molecule has 3 heterocycles. The van der Waals surface area contributed by atoms with Crippen LogP contribution in [-0.4, -0.2) is 16.5 Å². The summed E-state index contributed by atoms with van der Waals surface area (Å²) in [5.41, 5.74) is 7.17. The molecule has 0 saturated carbocycles. The van der Waals surface area contributed by atoms with Gasteiger partial charge in [-0.25, -0.2) is 0 Å². The van der Waals surface area contributed by atoms with E-state index in [0.29, 0.717) is 0 Å². The van der Waals surface area contributed by atoms with Crippen LogP contribution in [0.15, 0.2) is 95.0 Å². The zero-order valence-corrected chi connectivity index (χ0v) is 19.9. The molecule has 4 heteroatoms. The minimum Gasteiger partial charge on any atom is -0.340 e. The maximum Gasteiger partial charge on any atom is 0.0888 e. The van der Waals surface area contributed by atoms with Crippen LogP contribution >= 0.6 is 11.8 Å². The maximum absolute atomic E-state index is 4.53. The predicted molar refractivity (Wildman–Crippen MR) is 138 cm³/mol. The van der Waals surface area contributed by atoms with E-state index < -0.39 is 0 Å². The van der Waals surface area contributed by atoms with E-state index >= 15 is 0 Å². The lowest BCUT2D eigenvalue weighted by molar-refractivity contribution is 0.640. The van der Waals surface area contributed by atoms with Crippen molar-refractivity contribution >= 4 is 23.1 Å².